The first-order valence-electron chi connectivity index (χ1n) is 14.8. The average Bonchev–Trinajstić information content (AvgIpc) is 3.51. The molecule has 1 amide bonds. The molecule has 0 spiro atoms. The Labute approximate surface area is 244 Å². The van der Waals surface area contributed by atoms with E-state index in [-0.39, 0.29) is 22.2 Å². The van der Waals surface area contributed by atoms with Gasteiger partial charge in [0, 0.05) is 24.2 Å². The van der Waals surface area contributed by atoms with Gasteiger partial charge in [-0.1, -0.05) is 36.4 Å². The Bertz CT molecular complexity index is 1770. The van der Waals surface area contributed by atoms with E-state index in [9.17, 15) is 14.9 Å². The third kappa shape index (κ3) is 4.32. The van der Waals surface area contributed by atoms with Gasteiger partial charge in [-0.2, -0.15) is 10.4 Å². The summed E-state index contributed by atoms with van der Waals surface area (Å²) in [4.78, 5) is 27.0. The molecule has 8 nitrogen and oxygen atoms in total. The fourth-order valence-corrected chi connectivity index (χ4v) is 8.22. The molecule has 4 aliphatic carbocycles. The van der Waals surface area contributed by atoms with Gasteiger partial charge in [0.2, 0.25) is 0 Å². The van der Waals surface area contributed by atoms with Gasteiger partial charge in [0.15, 0.2) is 0 Å². The van der Waals surface area contributed by atoms with E-state index in [0.29, 0.717) is 11.4 Å². The fraction of sp³-hybridized carbons (Fsp3) is 0.353. The molecule has 0 aliphatic heterocycles. The molecule has 4 fully saturated rings. The Hall–Kier alpha value is -4.64. The minimum absolute atomic E-state index is 0.0307. The van der Waals surface area contributed by atoms with Crippen LogP contribution in [0.1, 0.15) is 55.5 Å². The lowest BCUT2D eigenvalue weighted by Crippen LogP contribution is -2.49. The molecule has 4 saturated carbocycles. The van der Waals surface area contributed by atoms with Crippen LogP contribution in [0.3, 0.4) is 0 Å². The largest absolute Gasteiger partial charge is 0.315 e. The maximum Gasteiger partial charge on any atom is 0.295 e. The van der Waals surface area contributed by atoms with Crippen molar-refractivity contribution >= 4 is 17.7 Å². The number of benzene rings is 2. The monoisotopic (exact) mass is 558 g/mol. The zero-order valence-corrected chi connectivity index (χ0v) is 24.0. The Morgan fingerprint density at radius 2 is 1.55 bits per heavy atom. The van der Waals surface area contributed by atoms with Crippen molar-refractivity contribution in [3.63, 3.8) is 0 Å². The van der Waals surface area contributed by atoms with E-state index in [1.165, 1.54) is 23.9 Å². The number of aromatic nitrogens is 4. The molecule has 0 unspecified atom stereocenters. The summed E-state index contributed by atoms with van der Waals surface area (Å²) in [5.41, 5.74) is 3.75. The van der Waals surface area contributed by atoms with Gasteiger partial charge in [0.1, 0.15) is 17.3 Å². The topological polar surface area (TPSA) is 97.6 Å². The first kappa shape index (κ1) is 26.3. The van der Waals surface area contributed by atoms with Crippen molar-refractivity contribution in [1.82, 2.24) is 19.1 Å². The molecular weight excluding hydrogens is 524 g/mol. The minimum atomic E-state index is -0.604. The zero-order valence-electron chi connectivity index (χ0n) is 24.0. The first-order valence-corrected chi connectivity index (χ1v) is 14.8. The molecule has 4 aromatic rings. The van der Waals surface area contributed by atoms with Crippen molar-refractivity contribution < 1.29 is 4.79 Å². The number of carbonyl (C=O) groups excluding carboxylic acids is 1. The number of hydrogen-bond donors (Lipinski definition) is 1. The standard InChI is InChI=1S/C34H34N6O2/c1-22-30(33(42)40(38(22)2)29-11-7-4-8-12-29)36-32(41)26(20-35)16-27-21-39(28-9-5-3-6-10-28)37-31(27)34-17-23-13-24(18-34)15-25(14-23)19-34/h3-12,16,21,23-25H,13-15,17-19H2,1-2H3,(H,36,41)/b26-16-. The van der Waals surface area contributed by atoms with E-state index < -0.39 is 5.91 Å². The number of rotatable bonds is 6. The third-order valence-electron chi connectivity index (χ3n) is 9.76. The summed E-state index contributed by atoms with van der Waals surface area (Å²) in [5, 5.41) is 18.1. The molecule has 0 radical (unpaired) electrons. The molecule has 8 rings (SSSR count). The molecule has 8 heteroatoms. The number of nitriles is 1. The molecular formula is C34H34N6O2. The van der Waals surface area contributed by atoms with Gasteiger partial charge in [-0.25, -0.2) is 9.36 Å². The Kier molecular flexibility index (Phi) is 6.27. The van der Waals surface area contributed by atoms with Crippen LogP contribution in [-0.2, 0) is 17.3 Å². The Balaban J connectivity index is 1.27. The molecule has 1 N–H and O–H groups in total. The van der Waals surface area contributed by atoms with Crippen LogP contribution in [0.4, 0.5) is 5.69 Å². The lowest BCUT2D eigenvalue weighted by molar-refractivity contribution is -0.112. The van der Waals surface area contributed by atoms with Gasteiger partial charge in [0.25, 0.3) is 11.5 Å². The molecule has 4 bridgehead atoms. The minimum Gasteiger partial charge on any atom is -0.315 e. The van der Waals surface area contributed by atoms with Crippen LogP contribution >= 0.6 is 0 Å². The SMILES string of the molecule is Cc1c(NC(=O)/C(C#N)=C\c2cn(-c3ccccc3)nc2C23CC4CC(CC(C4)C2)C3)c(=O)n(-c2ccccc2)n1C. The highest BCUT2D eigenvalue weighted by Gasteiger charge is 2.53. The predicted octanol–water partition coefficient (Wildman–Crippen LogP) is 5.68. The maximum absolute atomic E-state index is 13.6. The molecule has 2 heterocycles. The second-order valence-corrected chi connectivity index (χ2v) is 12.5. The molecule has 2 aromatic carbocycles. The first-order chi connectivity index (χ1) is 20.3. The van der Waals surface area contributed by atoms with Crippen LogP contribution in [0.25, 0.3) is 17.5 Å². The van der Waals surface area contributed by atoms with Crippen molar-refractivity contribution in [2.45, 2.75) is 50.9 Å². The van der Waals surface area contributed by atoms with E-state index >= 15 is 0 Å². The second-order valence-electron chi connectivity index (χ2n) is 12.5. The van der Waals surface area contributed by atoms with Crippen molar-refractivity contribution in [3.8, 4) is 17.4 Å². The fourth-order valence-electron chi connectivity index (χ4n) is 8.22. The summed E-state index contributed by atoms with van der Waals surface area (Å²) >= 11 is 0. The normalized spacial score (nSPS) is 24.5. The van der Waals surface area contributed by atoms with Crippen LogP contribution in [0, 0.1) is 36.0 Å². The van der Waals surface area contributed by atoms with Crippen LogP contribution in [-0.4, -0.2) is 25.1 Å². The van der Waals surface area contributed by atoms with Gasteiger partial charge < -0.3 is 5.32 Å². The summed E-state index contributed by atoms with van der Waals surface area (Å²) in [5.74, 6) is 1.57. The summed E-state index contributed by atoms with van der Waals surface area (Å²) in [6.07, 6.45) is 10.9. The maximum atomic E-state index is 13.6. The van der Waals surface area contributed by atoms with E-state index in [1.54, 1.807) is 24.7 Å². The third-order valence-corrected chi connectivity index (χ3v) is 9.76. The van der Waals surface area contributed by atoms with Crippen LogP contribution < -0.4 is 10.9 Å². The number of hydrogen-bond acceptors (Lipinski definition) is 4. The van der Waals surface area contributed by atoms with E-state index in [0.717, 1.165) is 54.0 Å². The number of para-hydroxylation sites is 2. The summed E-state index contributed by atoms with van der Waals surface area (Å²) in [6.45, 7) is 1.78. The number of carbonyl (C=O) groups is 1. The Morgan fingerprint density at radius 3 is 2.12 bits per heavy atom. The van der Waals surface area contributed by atoms with E-state index in [2.05, 4.69) is 11.4 Å². The lowest BCUT2D eigenvalue weighted by Gasteiger charge is -2.56. The quantitative estimate of drug-likeness (QED) is 0.243. The molecule has 2 aromatic heterocycles. The highest BCUT2D eigenvalue weighted by molar-refractivity contribution is 6.10. The van der Waals surface area contributed by atoms with Crippen LogP contribution in [0.5, 0.6) is 0 Å². The smallest absolute Gasteiger partial charge is 0.295 e. The van der Waals surface area contributed by atoms with Gasteiger partial charge in [-0.15, -0.1) is 0 Å². The van der Waals surface area contributed by atoms with Gasteiger partial charge in [-0.3, -0.25) is 14.3 Å². The van der Waals surface area contributed by atoms with Crippen molar-refractivity contribution in [2.75, 3.05) is 5.32 Å². The number of nitrogens with one attached hydrogen (secondary N) is 1. The van der Waals surface area contributed by atoms with Gasteiger partial charge >= 0.3 is 0 Å². The van der Waals surface area contributed by atoms with Gasteiger partial charge in [-0.05, 0) is 93.5 Å². The van der Waals surface area contributed by atoms with Crippen LogP contribution in [0.15, 0.2) is 77.2 Å². The zero-order chi connectivity index (χ0) is 29.0. The summed E-state index contributed by atoms with van der Waals surface area (Å²) < 4.78 is 5.10. The molecule has 42 heavy (non-hydrogen) atoms. The molecule has 212 valence electrons. The van der Waals surface area contributed by atoms with E-state index in [4.69, 9.17) is 5.10 Å². The van der Waals surface area contributed by atoms with Crippen molar-refractivity contribution in [1.29, 1.82) is 5.26 Å². The van der Waals surface area contributed by atoms with Gasteiger partial charge in [0.05, 0.1) is 22.8 Å². The highest BCUT2D eigenvalue weighted by atomic mass is 16.2. The number of anilines is 1. The lowest BCUT2D eigenvalue weighted by atomic mass is 9.48. The predicted molar refractivity (Wildman–Crippen MR) is 161 cm³/mol. The summed E-state index contributed by atoms with van der Waals surface area (Å²) in [7, 11) is 1.77. The summed E-state index contributed by atoms with van der Waals surface area (Å²) in [6, 6.07) is 21.3. The van der Waals surface area contributed by atoms with Crippen molar-refractivity contribution in [3.05, 3.63) is 99.7 Å². The molecule has 0 atom stereocenters. The number of amides is 1. The molecule has 4 aliphatic rings. The Morgan fingerprint density at radius 1 is 0.976 bits per heavy atom. The average molecular weight is 559 g/mol. The van der Waals surface area contributed by atoms with Crippen molar-refractivity contribution in [2.24, 2.45) is 24.8 Å². The van der Waals surface area contributed by atoms with Crippen LogP contribution in [0.2, 0.25) is 0 Å². The van der Waals surface area contributed by atoms with E-state index in [1.807, 2.05) is 71.5 Å². The number of nitrogens with zero attached hydrogens (tertiary/aromatic N) is 5. The second kappa shape index (κ2) is 10.0. The molecule has 0 saturated heterocycles. The highest BCUT2D eigenvalue weighted by Crippen LogP contribution is 2.61.